The molecule has 0 aromatic carbocycles. The minimum atomic E-state index is -4.92. The molecule has 76 valence electrons. The van der Waals surface area contributed by atoms with Gasteiger partial charge in [0.15, 0.2) is 0 Å². The molecule has 0 saturated heterocycles. The molecule has 0 aliphatic heterocycles. The van der Waals surface area contributed by atoms with Gasteiger partial charge >= 0.3 is 41.5 Å². The average Bonchev–Trinajstić information content (AvgIpc) is 1.79. The van der Waals surface area contributed by atoms with Crippen molar-refractivity contribution in [1.29, 1.82) is 0 Å². The van der Waals surface area contributed by atoms with E-state index >= 15 is 0 Å². The van der Waals surface area contributed by atoms with Gasteiger partial charge in [-0.05, 0) is 0 Å². The van der Waals surface area contributed by atoms with Crippen molar-refractivity contribution in [2.45, 2.75) is 0 Å². The smallest absolute Gasteiger partial charge is 0.726 e. The van der Waals surface area contributed by atoms with Gasteiger partial charge in [0, 0.05) is 12.2 Å². The van der Waals surface area contributed by atoms with Crippen molar-refractivity contribution in [2.24, 2.45) is 0 Å². The molecule has 0 bridgehead atoms. The van der Waals surface area contributed by atoms with E-state index in [-0.39, 0.29) is 29.6 Å². The Kier molecular flexibility index (Phi) is 12.5. The second-order valence-corrected chi connectivity index (χ2v) is 2.29. The van der Waals surface area contributed by atoms with Gasteiger partial charge in [-0.1, -0.05) is 0 Å². The van der Waals surface area contributed by atoms with Crippen molar-refractivity contribution in [3.05, 3.63) is 12.2 Å². The number of carboxylic acid groups (broad SMARTS) is 2. The van der Waals surface area contributed by atoms with E-state index in [1.165, 1.54) is 0 Å². The Morgan fingerprint density at radius 2 is 1.21 bits per heavy atom. The van der Waals surface area contributed by atoms with E-state index in [1.807, 2.05) is 0 Å². The van der Waals surface area contributed by atoms with Gasteiger partial charge in [0.05, 0.1) is 0 Å². The second-order valence-electron chi connectivity index (χ2n) is 1.44. The number of aliphatic carboxylic acids is 2. The first-order valence-electron chi connectivity index (χ1n) is 2.45. The zero-order valence-corrected chi connectivity index (χ0v) is 9.76. The van der Waals surface area contributed by atoms with Gasteiger partial charge in [-0.2, -0.15) is 0 Å². The summed E-state index contributed by atoms with van der Waals surface area (Å²) in [5.41, 5.74) is 0. The summed E-state index contributed by atoms with van der Waals surface area (Å²) in [5, 5.41) is 15.6. The first kappa shape index (κ1) is 19.2. The molecular weight excluding hydrogens is 231 g/mol. The normalized spacial score (nSPS) is 9.57. The molecule has 0 atom stereocenters. The molecular formula is C4H5NaO8S. The van der Waals surface area contributed by atoms with Crippen molar-refractivity contribution >= 4 is 22.3 Å². The maximum absolute atomic E-state index is 9.55. The Hall–Kier alpha value is -0.450. The van der Waals surface area contributed by atoms with Crippen molar-refractivity contribution in [3.8, 4) is 0 Å². The van der Waals surface area contributed by atoms with Gasteiger partial charge in [-0.3, -0.25) is 4.55 Å². The zero-order valence-electron chi connectivity index (χ0n) is 6.95. The topological polar surface area (TPSA) is 152 Å². The quantitative estimate of drug-likeness (QED) is 0.188. The molecule has 0 aromatic heterocycles. The molecule has 0 aromatic rings. The van der Waals surface area contributed by atoms with E-state index in [2.05, 4.69) is 0 Å². The van der Waals surface area contributed by atoms with Crippen LogP contribution < -0.4 is 29.6 Å². The molecule has 0 unspecified atom stereocenters. The molecule has 0 saturated carbocycles. The minimum Gasteiger partial charge on any atom is -0.726 e. The number of rotatable bonds is 2. The van der Waals surface area contributed by atoms with E-state index in [0.717, 1.165) is 0 Å². The van der Waals surface area contributed by atoms with Crippen LogP contribution in [0.25, 0.3) is 0 Å². The van der Waals surface area contributed by atoms with Gasteiger partial charge in [-0.15, -0.1) is 0 Å². The summed E-state index contributed by atoms with van der Waals surface area (Å²) in [5.74, 6) is -2.51. The fourth-order valence-electron chi connectivity index (χ4n) is 0.143. The summed E-state index contributed by atoms with van der Waals surface area (Å²) in [6, 6.07) is 0. The van der Waals surface area contributed by atoms with Gasteiger partial charge < -0.3 is 14.8 Å². The molecule has 0 heterocycles. The fraction of sp³-hybridized carbons (Fsp3) is 0. The van der Waals surface area contributed by atoms with Crippen molar-refractivity contribution in [3.63, 3.8) is 0 Å². The Balaban J connectivity index is -0.000000177. The summed E-state index contributed by atoms with van der Waals surface area (Å²) >= 11 is 0. The molecule has 8 nitrogen and oxygen atoms in total. The van der Waals surface area contributed by atoms with Crippen molar-refractivity contribution in [2.75, 3.05) is 0 Å². The summed E-state index contributed by atoms with van der Waals surface area (Å²) in [6.45, 7) is 0. The van der Waals surface area contributed by atoms with Crippen LogP contribution in [0.1, 0.15) is 0 Å². The maximum atomic E-state index is 9.55. The molecule has 10 heteroatoms. The van der Waals surface area contributed by atoms with Crippen LogP contribution >= 0.6 is 0 Å². The van der Waals surface area contributed by atoms with E-state index in [9.17, 15) is 9.59 Å². The average molecular weight is 236 g/mol. The third kappa shape index (κ3) is 62.1. The van der Waals surface area contributed by atoms with Crippen LogP contribution in [-0.4, -0.2) is 39.7 Å². The predicted octanol–water partition coefficient (Wildman–Crippen LogP) is -4.28. The number of hydrogen-bond donors (Lipinski definition) is 3. The Morgan fingerprint density at radius 1 is 1.07 bits per heavy atom. The summed E-state index contributed by atoms with van der Waals surface area (Å²) in [6.07, 6.45) is 1.12. The van der Waals surface area contributed by atoms with E-state index < -0.39 is 22.3 Å². The number of carbonyl (C=O) groups is 2. The minimum absolute atomic E-state index is 0. The largest absolute Gasteiger partial charge is 1.00 e. The monoisotopic (exact) mass is 236 g/mol. The SMILES string of the molecule is O=C(O)/C=C/C(=O)O.O=S(=O)([O-])O.[Na+]. The maximum Gasteiger partial charge on any atom is 1.00 e. The van der Waals surface area contributed by atoms with Crippen LogP contribution in [-0.2, 0) is 20.0 Å². The predicted molar refractivity (Wildman–Crippen MR) is 36.7 cm³/mol. The second kappa shape index (κ2) is 9.12. The molecule has 0 fully saturated rings. The van der Waals surface area contributed by atoms with Crippen LogP contribution in [0.2, 0.25) is 0 Å². The summed E-state index contributed by atoms with van der Waals surface area (Å²) in [4.78, 5) is 19.1. The zero-order chi connectivity index (χ0) is 11.1. The Bertz CT molecular complexity index is 279. The molecule has 14 heavy (non-hydrogen) atoms. The standard InChI is InChI=1S/C4H4O4.Na.H2O4S/c5-3(6)1-2-4(7)8;;1-5(2,3)4/h1-2H,(H,5,6)(H,7,8);;(H2,1,2,3,4)/q;+1;/p-1/b2-1+;;. The molecule has 0 spiro atoms. The first-order valence-corrected chi connectivity index (χ1v) is 3.81. The summed E-state index contributed by atoms with van der Waals surface area (Å²) < 4.78 is 32.8. The van der Waals surface area contributed by atoms with Gasteiger partial charge in [0.1, 0.15) is 0 Å². The number of carboxylic acids is 2. The molecule has 0 rings (SSSR count). The third-order valence-electron chi connectivity index (χ3n) is 0.368. The molecule has 0 aliphatic carbocycles. The van der Waals surface area contributed by atoms with Crippen LogP contribution in [0.3, 0.4) is 0 Å². The van der Waals surface area contributed by atoms with Crippen molar-refractivity contribution < 1.29 is 66.9 Å². The first-order chi connectivity index (χ1) is 5.63. The van der Waals surface area contributed by atoms with E-state index in [1.54, 1.807) is 0 Å². The number of hydrogen-bond acceptors (Lipinski definition) is 5. The Morgan fingerprint density at radius 3 is 1.29 bits per heavy atom. The molecule has 3 N–H and O–H groups in total. The third-order valence-corrected chi connectivity index (χ3v) is 0.368. The van der Waals surface area contributed by atoms with Crippen LogP contribution in [0, 0.1) is 0 Å². The van der Waals surface area contributed by atoms with Crippen LogP contribution in [0.4, 0.5) is 0 Å². The fourth-order valence-corrected chi connectivity index (χ4v) is 0.143. The van der Waals surface area contributed by atoms with Crippen LogP contribution in [0.15, 0.2) is 12.2 Å². The van der Waals surface area contributed by atoms with Crippen LogP contribution in [0.5, 0.6) is 0 Å². The van der Waals surface area contributed by atoms with Gasteiger partial charge in [-0.25, -0.2) is 18.0 Å². The van der Waals surface area contributed by atoms with E-state index in [4.69, 9.17) is 27.7 Å². The summed E-state index contributed by atoms with van der Waals surface area (Å²) in [7, 11) is -4.92. The van der Waals surface area contributed by atoms with Gasteiger partial charge in [0.2, 0.25) is 10.4 Å². The van der Waals surface area contributed by atoms with E-state index in [0.29, 0.717) is 12.2 Å². The molecule has 0 amide bonds. The Labute approximate surface area is 101 Å². The molecule has 0 radical (unpaired) electrons. The molecule has 0 aliphatic rings. The van der Waals surface area contributed by atoms with Crippen molar-refractivity contribution in [1.82, 2.24) is 0 Å². The van der Waals surface area contributed by atoms with Gasteiger partial charge in [0.25, 0.3) is 0 Å².